The maximum atomic E-state index is 12.4. The average molecular weight is 336 g/mol. The van der Waals surface area contributed by atoms with Crippen LogP contribution in [0.1, 0.15) is 21.5 Å². The highest BCUT2D eigenvalue weighted by molar-refractivity contribution is 6.04. The lowest BCUT2D eigenvalue weighted by Gasteiger charge is -2.04. The lowest BCUT2D eigenvalue weighted by Crippen LogP contribution is -2.12. The molecule has 0 saturated carbocycles. The Bertz CT molecular complexity index is 942. The smallest absolute Gasteiger partial charge is 0.270 e. The van der Waals surface area contributed by atoms with E-state index in [-0.39, 0.29) is 11.6 Å². The summed E-state index contributed by atoms with van der Waals surface area (Å²) in [6.45, 7) is 3.86. The minimum Gasteiger partial charge on any atom is -0.305 e. The molecule has 0 aliphatic heterocycles. The number of hydrogen-bond donors (Lipinski definition) is 2. The number of amides is 1. The normalized spacial score (nSPS) is 10.5. The first-order valence-electron chi connectivity index (χ1n) is 7.62. The summed E-state index contributed by atoms with van der Waals surface area (Å²) >= 11 is 0. The van der Waals surface area contributed by atoms with Crippen LogP contribution in [0.15, 0.2) is 48.5 Å². The highest BCUT2D eigenvalue weighted by atomic mass is 16.6. The number of nitro groups is 1. The molecule has 2 aromatic carbocycles. The van der Waals surface area contributed by atoms with Gasteiger partial charge in [-0.1, -0.05) is 29.3 Å². The molecule has 0 unspecified atom stereocenters. The van der Waals surface area contributed by atoms with Crippen molar-refractivity contribution in [3.8, 4) is 11.3 Å². The number of nitrogens with zero attached hydrogens (tertiary/aromatic N) is 2. The van der Waals surface area contributed by atoms with Crippen molar-refractivity contribution in [2.45, 2.75) is 13.8 Å². The first-order valence-corrected chi connectivity index (χ1v) is 7.62. The molecule has 126 valence electrons. The number of aromatic amines is 1. The lowest BCUT2D eigenvalue weighted by molar-refractivity contribution is -0.384. The van der Waals surface area contributed by atoms with Crippen LogP contribution in [0.25, 0.3) is 11.3 Å². The molecule has 0 aliphatic carbocycles. The number of aromatic nitrogens is 2. The largest absolute Gasteiger partial charge is 0.305 e. The van der Waals surface area contributed by atoms with Crippen LogP contribution in [0.2, 0.25) is 0 Å². The van der Waals surface area contributed by atoms with Crippen LogP contribution in [0, 0.1) is 24.0 Å². The van der Waals surface area contributed by atoms with E-state index in [1.807, 2.05) is 19.9 Å². The van der Waals surface area contributed by atoms with Crippen LogP contribution >= 0.6 is 0 Å². The molecule has 3 aromatic rings. The van der Waals surface area contributed by atoms with Gasteiger partial charge in [-0.15, -0.1) is 0 Å². The fourth-order valence-electron chi connectivity index (χ4n) is 2.61. The van der Waals surface area contributed by atoms with Crippen molar-refractivity contribution in [2.24, 2.45) is 0 Å². The summed E-state index contributed by atoms with van der Waals surface area (Å²) in [5.74, 6) is 0.0922. The summed E-state index contributed by atoms with van der Waals surface area (Å²) in [6.07, 6.45) is 0. The van der Waals surface area contributed by atoms with Gasteiger partial charge in [0.15, 0.2) is 5.82 Å². The van der Waals surface area contributed by atoms with E-state index >= 15 is 0 Å². The van der Waals surface area contributed by atoms with Gasteiger partial charge in [-0.2, -0.15) is 5.10 Å². The Balaban J connectivity index is 1.81. The number of aryl methyl sites for hydroxylation is 2. The Hall–Kier alpha value is -3.48. The van der Waals surface area contributed by atoms with Gasteiger partial charge in [0.05, 0.1) is 10.6 Å². The number of hydrogen-bond acceptors (Lipinski definition) is 4. The molecular formula is C18H16N4O3. The van der Waals surface area contributed by atoms with Crippen LogP contribution in [-0.2, 0) is 0 Å². The number of non-ortho nitro benzene ring substituents is 1. The average Bonchev–Trinajstić information content (AvgIpc) is 3.02. The second kappa shape index (κ2) is 6.56. The molecule has 1 aromatic heterocycles. The van der Waals surface area contributed by atoms with Crippen LogP contribution in [0.4, 0.5) is 11.5 Å². The summed E-state index contributed by atoms with van der Waals surface area (Å²) < 4.78 is 0. The van der Waals surface area contributed by atoms with Crippen molar-refractivity contribution < 1.29 is 9.72 Å². The van der Waals surface area contributed by atoms with Crippen LogP contribution in [0.3, 0.4) is 0 Å². The Labute approximate surface area is 143 Å². The van der Waals surface area contributed by atoms with Crippen molar-refractivity contribution in [3.63, 3.8) is 0 Å². The van der Waals surface area contributed by atoms with Gasteiger partial charge in [0.1, 0.15) is 0 Å². The molecule has 0 atom stereocenters. The van der Waals surface area contributed by atoms with Gasteiger partial charge in [-0.05, 0) is 26.0 Å². The number of benzene rings is 2. The highest BCUT2D eigenvalue weighted by Gasteiger charge is 2.12. The first kappa shape index (κ1) is 16.4. The molecule has 0 radical (unpaired) electrons. The monoisotopic (exact) mass is 336 g/mol. The van der Waals surface area contributed by atoms with Crippen molar-refractivity contribution in [2.75, 3.05) is 5.32 Å². The van der Waals surface area contributed by atoms with Crippen LogP contribution < -0.4 is 5.32 Å². The lowest BCUT2D eigenvalue weighted by atomic mass is 10.1. The van der Waals surface area contributed by atoms with E-state index in [4.69, 9.17) is 0 Å². The van der Waals surface area contributed by atoms with E-state index in [9.17, 15) is 14.9 Å². The molecule has 1 amide bonds. The summed E-state index contributed by atoms with van der Waals surface area (Å²) in [5, 5.41) is 20.4. The fraction of sp³-hybridized carbons (Fsp3) is 0.111. The molecule has 0 bridgehead atoms. The number of rotatable bonds is 4. The van der Waals surface area contributed by atoms with Gasteiger partial charge >= 0.3 is 0 Å². The molecule has 0 aliphatic rings. The predicted octanol–water partition coefficient (Wildman–Crippen LogP) is 3.85. The minimum atomic E-state index is -0.456. The second-order valence-electron chi connectivity index (χ2n) is 5.80. The van der Waals surface area contributed by atoms with E-state index in [0.717, 1.165) is 11.1 Å². The summed E-state index contributed by atoms with van der Waals surface area (Å²) in [7, 11) is 0. The zero-order valence-electron chi connectivity index (χ0n) is 13.7. The zero-order chi connectivity index (χ0) is 18.0. The maximum absolute atomic E-state index is 12.4. The standard InChI is InChI=1S/C18H16N4O3/c1-11-6-12(2)8-14(7-11)18(23)19-17-10-16(20-21-17)13-4-3-5-15(9-13)22(24)25/h3-10H,1-2H3,(H2,19,20,21,23). The third-order valence-corrected chi connectivity index (χ3v) is 3.67. The highest BCUT2D eigenvalue weighted by Crippen LogP contribution is 2.24. The Morgan fingerprint density at radius 3 is 2.52 bits per heavy atom. The molecule has 1 heterocycles. The molecule has 7 nitrogen and oxygen atoms in total. The number of nitro benzene ring substituents is 1. The molecule has 7 heteroatoms. The predicted molar refractivity (Wildman–Crippen MR) is 94.5 cm³/mol. The van der Waals surface area contributed by atoms with Crippen molar-refractivity contribution >= 4 is 17.4 Å². The van der Waals surface area contributed by atoms with E-state index in [2.05, 4.69) is 15.5 Å². The van der Waals surface area contributed by atoms with Crippen molar-refractivity contribution in [1.29, 1.82) is 0 Å². The first-order chi connectivity index (χ1) is 11.9. The third-order valence-electron chi connectivity index (χ3n) is 3.67. The molecular weight excluding hydrogens is 320 g/mol. The molecule has 0 saturated heterocycles. The number of H-pyrrole nitrogens is 1. The van der Waals surface area contributed by atoms with Gasteiger partial charge in [0, 0.05) is 29.3 Å². The molecule has 2 N–H and O–H groups in total. The molecule has 0 fully saturated rings. The molecule has 3 rings (SSSR count). The minimum absolute atomic E-state index is 0.00655. The Kier molecular flexibility index (Phi) is 4.30. The van der Waals surface area contributed by atoms with E-state index in [1.165, 1.54) is 12.1 Å². The van der Waals surface area contributed by atoms with E-state index in [0.29, 0.717) is 22.6 Å². The quantitative estimate of drug-likeness (QED) is 0.558. The van der Waals surface area contributed by atoms with Gasteiger partial charge in [-0.25, -0.2) is 0 Å². The Morgan fingerprint density at radius 1 is 1.12 bits per heavy atom. The number of nitrogens with one attached hydrogen (secondary N) is 2. The van der Waals surface area contributed by atoms with Gasteiger partial charge in [0.2, 0.25) is 0 Å². The Morgan fingerprint density at radius 2 is 1.84 bits per heavy atom. The topological polar surface area (TPSA) is 101 Å². The number of carbonyl (C=O) groups excluding carboxylic acids is 1. The number of carbonyl (C=O) groups is 1. The van der Waals surface area contributed by atoms with Gasteiger partial charge in [-0.3, -0.25) is 20.0 Å². The SMILES string of the molecule is Cc1cc(C)cc(C(=O)Nc2cc(-c3cccc([N+](=O)[O-])c3)[nH]n2)c1. The summed E-state index contributed by atoms with van der Waals surface area (Å²) in [5.41, 5.74) is 3.76. The van der Waals surface area contributed by atoms with Gasteiger partial charge in [0.25, 0.3) is 11.6 Å². The van der Waals surface area contributed by atoms with Gasteiger partial charge < -0.3 is 5.32 Å². The number of anilines is 1. The maximum Gasteiger partial charge on any atom is 0.270 e. The van der Waals surface area contributed by atoms with Crippen molar-refractivity contribution in [3.05, 3.63) is 75.3 Å². The zero-order valence-corrected chi connectivity index (χ0v) is 13.7. The third kappa shape index (κ3) is 3.72. The summed E-state index contributed by atoms with van der Waals surface area (Å²) in [6, 6.07) is 13.4. The second-order valence-corrected chi connectivity index (χ2v) is 5.80. The van der Waals surface area contributed by atoms with Crippen LogP contribution in [0.5, 0.6) is 0 Å². The molecule has 0 spiro atoms. The summed E-state index contributed by atoms with van der Waals surface area (Å²) in [4.78, 5) is 22.8. The molecule has 25 heavy (non-hydrogen) atoms. The fourth-order valence-corrected chi connectivity index (χ4v) is 2.61. The van der Waals surface area contributed by atoms with Crippen molar-refractivity contribution in [1.82, 2.24) is 10.2 Å². The van der Waals surface area contributed by atoms with E-state index < -0.39 is 4.92 Å². The van der Waals surface area contributed by atoms with Crippen LogP contribution in [-0.4, -0.2) is 21.0 Å². The van der Waals surface area contributed by atoms with E-state index in [1.54, 1.807) is 30.3 Å².